The highest BCUT2D eigenvalue weighted by atomic mass is 32.2. The van der Waals surface area contributed by atoms with Gasteiger partial charge in [0.15, 0.2) is 0 Å². The summed E-state index contributed by atoms with van der Waals surface area (Å²) >= 11 is 0. The Morgan fingerprint density at radius 1 is 1.47 bits per heavy atom. The third kappa shape index (κ3) is 4.75. The van der Waals surface area contributed by atoms with Crippen LogP contribution in [0, 0.1) is 0 Å². The fraction of sp³-hybridized carbons (Fsp3) is 0.900. The van der Waals surface area contributed by atoms with E-state index < -0.39 is 0 Å². The smallest absolute Gasteiger partial charge is 0.407 e. The number of ether oxygens (including phenoxy) is 1. The Labute approximate surface area is 94.7 Å². The van der Waals surface area contributed by atoms with Crippen molar-refractivity contribution in [1.82, 2.24) is 10.2 Å². The van der Waals surface area contributed by atoms with Gasteiger partial charge in [-0.3, -0.25) is 4.90 Å². The predicted octanol–water partition coefficient (Wildman–Crippen LogP) is 1.03. The number of hydrogen-bond donors (Lipinski definition) is 2. The second kappa shape index (κ2) is 6.23. The summed E-state index contributed by atoms with van der Waals surface area (Å²) in [6, 6.07) is 0.300. The average molecular weight is 234 g/mol. The molecule has 0 spiro atoms. The monoisotopic (exact) mass is 234 g/mol. The molecule has 0 atom stereocenters. The van der Waals surface area contributed by atoms with Crippen molar-refractivity contribution < 1.29 is 9.53 Å². The minimum Gasteiger partial charge on any atom is -0.453 e. The molecule has 5 heteroatoms. The van der Waals surface area contributed by atoms with Crippen LogP contribution >= 0.6 is 10.9 Å². The lowest BCUT2D eigenvalue weighted by molar-refractivity contribution is 0.156. The minimum absolute atomic E-state index is 0.157. The molecule has 90 valence electrons. The van der Waals surface area contributed by atoms with Crippen LogP contribution in [0.4, 0.5) is 4.79 Å². The summed E-state index contributed by atoms with van der Waals surface area (Å²) in [6.45, 7) is 2.18. The maximum absolute atomic E-state index is 11.0. The molecule has 0 saturated carbocycles. The number of alkyl carbamates (subject to hydrolysis) is 1. The van der Waals surface area contributed by atoms with Gasteiger partial charge in [-0.25, -0.2) is 15.7 Å². The van der Waals surface area contributed by atoms with Crippen LogP contribution in [-0.4, -0.2) is 55.6 Å². The number of methoxy groups -OCH3 is 1. The van der Waals surface area contributed by atoms with Crippen molar-refractivity contribution in [2.24, 2.45) is 0 Å². The first-order chi connectivity index (χ1) is 7.11. The second-order valence-electron chi connectivity index (χ2n) is 4.25. The zero-order chi connectivity index (χ0) is 11.3. The molecule has 1 rings (SSSR count). The fourth-order valence-corrected chi connectivity index (χ4v) is 2.93. The quantitative estimate of drug-likeness (QED) is 0.717. The third-order valence-electron chi connectivity index (χ3n) is 2.58. The topological polar surface area (TPSA) is 41.6 Å². The lowest BCUT2D eigenvalue weighted by Gasteiger charge is -2.33. The average Bonchev–Trinajstić information content (AvgIpc) is 2.20. The lowest BCUT2D eigenvalue weighted by atomic mass is 10.1. The van der Waals surface area contributed by atoms with E-state index in [0.29, 0.717) is 6.04 Å². The highest BCUT2D eigenvalue weighted by Gasteiger charge is 2.20. The summed E-state index contributed by atoms with van der Waals surface area (Å²) in [5.74, 6) is 1.22. The molecular formula is C10H22N2O2S. The summed E-state index contributed by atoms with van der Waals surface area (Å²) in [6.07, 6.45) is 6.38. The number of nitrogens with zero attached hydrogens (tertiary/aromatic N) is 1. The SMILES string of the molecule is COC(=O)NC1CCN(C[SH](C)C)CC1. The molecule has 1 heterocycles. The number of thiol groups is 1. The van der Waals surface area contributed by atoms with Crippen LogP contribution in [0.2, 0.25) is 0 Å². The Morgan fingerprint density at radius 3 is 2.53 bits per heavy atom. The van der Waals surface area contributed by atoms with Crippen molar-refractivity contribution in [3.63, 3.8) is 0 Å². The first-order valence-corrected chi connectivity index (χ1v) is 7.75. The van der Waals surface area contributed by atoms with Gasteiger partial charge in [0, 0.05) is 25.0 Å². The molecule has 0 radical (unpaired) electrons. The zero-order valence-corrected chi connectivity index (χ0v) is 10.7. The maximum Gasteiger partial charge on any atom is 0.407 e. The van der Waals surface area contributed by atoms with Gasteiger partial charge in [0.05, 0.1) is 7.11 Å². The Kier molecular flexibility index (Phi) is 5.25. The number of amides is 1. The van der Waals surface area contributed by atoms with Crippen molar-refractivity contribution in [1.29, 1.82) is 0 Å². The van der Waals surface area contributed by atoms with Crippen LogP contribution in [0.25, 0.3) is 0 Å². The molecule has 0 aromatic rings. The standard InChI is InChI=1S/C10H22N2O2S/c1-14-10(13)11-9-4-6-12(7-5-9)8-15(2)3/h9,15H,4-8H2,1-3H3,(H,11,13). The summed E-state index contributed by atoms with van der Waals surface area (Å²) in [5.41, 5.74) is 0. The summed E-state index contributed by atoms with van der Waals surface area (Å²) in [4.78, 5) is 13.5. The third-order valence-corrected chi connectivity index (χ3v) is 3.54. The van der Waals surface area contributed by atoms with Gasteiger partial charge in [-0.1, -0.05) is 0 Å². The Hall–Kier alpha value is -0.420. The molecule has 0 bridgehead atoms. The van der Waals surface area contributed by atoms with Crippen molar-refractivity contribution in [3.05, 3.63) is 0 Å². The van der Waals surface area contributed by atoms with Gasteiger partial charge in [0.2, 0.25) is 0 Å². The normalized spacial score (nSPS) is 19.8. The van der Waals surface area contributed by atoms with Gasteiger partial charge in [0.25, 0.3) is 0 Å². The van der Waals surface area contributed by atoms with Crippen LogP contribution in [-0.2, 0) is 4.74 Å². The van der Waals surface area contributed by atoms with E-state index in [9.17, 15) is 4.79 Å². The maximum atomic E-state index is 11.0. The molecule has 1 aliphatic heterocycles. The lowest BCUT2D eigenvalue weighted by Crippen LogP contribution is -2.44. The van der Waals surface area contributed by atoms with Gasteiger partial charge < -0.3 is 10.1 Å². The predicted molar refractivity (Wildman–Crippen MR) is 65.8 cm³/mol. The largest absolute Gasteiger partial charge is 0.453 e. The fourth-order valence-electron chi connectivity index (χ4n) is 1.84. The molecule has 0 unspecified atom stereocenters. The minimum atomic E-state index is -0.304. The molecule has 0 aliphatic carbocycles. The van der Waals surface area contributed by atoms with Crippen LogP contribution in [0.1, 0.15) is 12.8 Å². The molecule has 4 nitrogen and oxygen atoms in total. The number of likely N-dealkylation sites (tertiary alicyclic amines) is 1. The van der Waals surface area contributed by atoms with E-state index in [1.807, 2.05) is 0 Å². The van der Waals surface area contributed by atoms with E-state index in [1.165, 1.54) is 13.0 Å². The van der Waals surface area contributed by atoms with Gasteiger partial charge in [-0.2, -0.15) is 0 Å². The number of piperidine rings is 1. The summed E-state index contributed by atoms with van der Waals surface area (Å²) < 4.78 is 4.58. The van der Waals surface area contributed by atoms with Crippen molar-refractivity contribution in [3.8, 4) is 0 Å². The van der Waals surface area contributed by atoms with Gasteiger partial charge in [-0.15, -0.1) is 0 Å². The van der Waals surface area contributed by atoms with Crippen LogP contribution in [0.15, 0.2) is 0 Å². The molecular weight excluding hydrogens is 212 g/mol. The van der Waals surface area contributed by atoms with E-state index in [2.05, 4.69) is 27.5 Å². The Morgan fingerprint density at radius 2 is 2.07 bits per heavy atom. The van der Waals surface area contributed by atoms with Gasteiger partial charge in [0.1, 0.15) is 0 Å². The Bertz CT molecular complexity index is 204. The number of nitrogens with one attached hydrogen (secondary N) is 1. The molecule has 1 fully saturated rings. The van der Waals surface area contributed by atoms with Gasteiger partial charge in [-0.05, 0) is 25.4 Å². The molecule has 1 aliphatic rings. The molecule has 15 heavy (non-hydrogen) atoms. The highest BCUT2D eigenvalue weighted by Crippen LogP contribution is 2.19. The molecule has 1 N–H and O–H groups in total. The van der Waals surface area contributed by atoms with Crippen LogP contribution in [0.3, 0.4) is 0 Å². The Balaban J connectivity index is 2.20. The number of hydrogen-bond acceptors (Lipinski definition) is 3. The van der Waals surface area contributed by atoms with E-state index in [1.54, 1.807) is 0 Å². The number of carbonyl (C=O) groups excluding carboxylic acids is 1. The molecule has 0 aromatic heterocycles. The van der Waals surface area contributed by atoms with Crippen molar-refractivity contribution in [2.75, 3.05) is 38.6 Å². The van der Waals surface area contributed by atoms with Crippen molar-refractivity contribution in [2.45, 2.75) is 18.9 Å². The first kappa shape index (κ1) is 12.6. The van der Waals surface area contributed by atoms with E-state index in [0.717, 1.165) is 25.9 Å². The van der Waals surface area contributed by atoms with Crippen LogP contribution < -0.4 is 5.32 Å². The van der Waals surface area contributed by atoms with E-state index in [-0.39, 0.29) is 17.0 Å². The van der Waals surface area contributed by atoms with E-state index in [4.69, 9.17) is 0 Å². The van der Waals surface area contributed by atoms with Gasteiger partial charge >= 0.3 is 6.09 Å². The van der Waals surface area contributed by atoms with E-state index >= 15 is 0 Å². The number of rotatable bonds is 3. The first-order valence-electron chi connectivity index (χ1n) is 5.33. The number of carbonyl (C=O) groups is 1. The summed E-state index contributed by atoms with van der Waals surface area (Å²) in [7, 11) is 1.57. The summed E-state index contributed by atoms with van der Waals surface area (Å²) in [5, 5.41) is 2.86. The molecule has 1 amide bonds. The van der Waals surface area contributed by atoms with Crippen molar-refractivity contribution >= 4 is 17.0 Å². The zero-order valence-electron chi connectivity index (χ0n) is 9.82. The van der Waals surface area contributed by atoms with Crippen LogP contribution in [0.5, 0.6) is 0 Å². The second-order valence-corrected chi connectivity index (χ2v) is 6.69. The highest BCUT2D eigenvalue weighted by molar-refractivity contribution is 8.15. The molecule has 1 saturated heterocycles. The molecule has 0 aromatic carbocycles.